The molecule has 0 bridgehead atoms. The largest absolute Gasteiger partial charge is 0.352 e. The maximum Gasteiger partial charge on any atom is 0.304 e. The van der Waals surface area contributed by atoms with E-state index in [1.165, 1.54) is 37.2 Å². The van der Waals surface area contributed by atoms with E-state index < -0.39 is 34.5 Å². The zero-order valence-electron chi connectivity index (χ0n) is 21.4. The SMILES string of the molecule is CC[C@@H](C(=O)NC1CCCC1)N(Cc1ccccc1Cl)C(=O)CN(c1ccccc1F)S(=O)(=O)N(C)C. The maximum atomic E-state index is 14.7. The lowest BCUT2D eigenvalue weighted by Crippen LogP contribution is -2.54. The number of hydrogen-bond acceptors (Lipinski definition) is 4. The minimum absolute atomic E-state index is 0.0117. The number of hydrogen-bond donors (Lipinski definition) is 1. The van der Waals surface area contributed by atoms with Gasteiger partial charge in [0.25, 0.3) is 0 Å². The second kappa shape index (κ2) is 12.7. The molecule has 202 valence electrons. The van der Waals surface area contributed by atoms with Crippen molar-refractivity contribution in [2.75, 3.05) is 24.9 Å². The van der Waals surface area contributed by atoms with Crippen LogP contribution in [-0.2, 0) is 26.3 Å². The lowest BCUT2D eigenvalue weighted by molar-refractivity contribution is -0.140. The highest BCUT2D eigenvalue weighted by molar-refractivity contribution is 7.90. The summed E-state index contributed by atoms with van der Waals surface area (Å²) in [5, 5.41) is 3.46. The fraction of sp³-hybridized carbons (Fsp3) is 0.462. The van der Waals surface area contributed by atoms with Crippen molar-refractivity contribution in [1.82, 2.24) is 14.5 Å². The van der Waals surface area contributed by atoms with Gasteiger partial charge in [-0.2, -0.15) is 12.7 Å². The molecule has 0 heterocycles. The van der Waals surface area contributed by atoms with Crippen molar-refractivity contribution < 1.29 is 22.4 Å². The van der Waals surface area contributed by atoms with Crippen LogP contribution in [0, 0.1) is 5.82 Å². The monoisotopic (exact) mass is 552 g/mol. The van der Waals surface area contributed by atoms with Crippen LogP contribution in [0.15, 0.2) is 48.5 Å². The molecule has 2 aromatic rings. The average molecular weight is 553 g/mol. The normalized spacial score (nSPS) is 15.0. The van der Waals surface area contributed by atoms with Crippen LogP contribution < -0.4 is 9.62 Å². The minimum atomic E-state index is -4.24. The smallest absolute Gasteiger partial charge is 0.304 e. The van der Waals surface area contributed by atoms with E-state index in [1.54, 1.807) is 31.2 Å². The van der Waals surface area contributed by atoms with Crippen molar-refractivity contribution in [2.24, 2.45) is 0 Å². The Morgan fingerprint density at radius 3 is 2.30 bits per heavy atom. The number of para-hydroxylation sites is 1. The van der Waals surface area contributed by atoms with E-state index in [-0.39, 0.29) is 24.2 Å². The number of amides is 2. The van der Waals surface area contributed by atoms with Gasteiger partial charge in [0.15, 0.2) is 0 Å². The van der Waals surface area contributed by atoms with Crippen molar-refractivity contribution >= 4 is 39.3 Å². The van der Waals surface area contributed by atoms with E-state index in [2.05, 4.69) is 5.32 Å². The summed E-state index contributed by atoms with van der Waals surface area (Å²) >= 11 is 6.37. The molecule has 11 heteroatoms. The molecule has 2 amide bonds. The summed E-state index contributed by atoms with van der Waals surface area (Å²) in [7, 11) is -1.63. The van der Waals surface area contributed by atoms with Crippen molar-refractivity contribution in [3.8, 4) is 0 Å². The quantitative estimate of drug-likeness (QED) is 0.457. The van der Waals surface area contributed by atoms with E-state index in [9.17, 15) is 22.4 Å². The molecule has 3 rings (SSSR count). The van der Waals surface area contributed by atoms with Gasteiger partial charge in [-0.25, -0.2) is 8.70 Å². The zero-order chi connectivity index (χ0) is 27.2. The predicted molar refractivity (Wildman–Crippen MR) is 143 cm³/mol. The molecule has 1 aliphatic carbocycles. The fourth-order valence-corrected chi connectivity index (χ4v) is 5.71. The van der Waals surface area contributed by atoms with Crippen LogP contribution in [0.4, 0.5) is 10.1 Å². The van der Waals surface area contributed by atoms with Gasteiger partial charge in [-0.3, -0.25) is 9.59 Å². The lowest BCUT2D eigenvalue weighted by Gasteiger charge is -2.34. The Balaban J connectivity index is 1.99. The summed E-state index contributed by atoms with van der Waals surface area (Å²) in [5.74, 6) is -1.74. The van der Waals surface area contributed by atoms with Crippen molar-refractivity contribution in [3.63, 3.8) is 0 Å². The number of nitrogens with one attached hydrogen (secondary N) is 1. The van der Waals surface area contributed by atoms with Crippen LogP contribution in [0.2, 0.25) is 5.02 Å². The van der Waals surface area contributed by atoms with Gasteiger partial charge in [0.1, 0.15) is 18.4 Å². The lowest BCUT2D eigenvalue weighted by atomic mass is 10.1. The number of anilines is 1. The van der Waals surface area contributed by atoms with Gasteiger partial charge >= 0.3 is 10.2 Å². The van der Waals surface area contributed by atoms with Crippen LogP contribution >= 0.6 is 11.6 Å². The molecule has 1 atom stereocenters. The third kappa shape index (κ3) is 7.00. The Hall–Kier alpha value is -2.69. The Morgan fingerprint density at radius 2 is 1.70 bits per heavy atom. The molecule has 1 saturated carbocycles. The molecule has 1 fully saturated rings. The van der Waals surface area contributed by atoms with E-state index in [0.717, 1.165) is 40.4 Å². The molecule has 0 radical (unpaired) electrons. The van der Waals surface area contributed by atoms with Gasteiger partial charge in [-0.15, -0.1) is 0 Å². The molecule has 0 saturated heterocycles. The van der Waals surface area contributed by atoms with Gasteiger partial charge in [0.05, 0.1) is 5.69 Å². The van der Waals surface area contributed by atoms with E-state index >= 15 is 0 Å². The second-order valence-electron chi connectivity index (χ2n) is 9.28. The highest BCUT2D eigenvalue weighted by Gasteiger charge is 2.35. The molecule has 0 aliphatic heterocycles. The Bertz CT molecular complexity index is 1200. The summed E-state index contributed by atoms with van der Waals surface area (Å²) in [4.78, 5) is 28.5. The molecule has 8 nitrogen and oxygen atoms in total. The zero-order valence-corrected chi connectivity index (χ0v) is 22.9. The molecule has 0 unspecified atom stereocenters. The van der Waals surface area contributed by atoms with Crippen LogP contribution in [0.25, 0.3) is 0 Å². The molecule has 1 aliphatic rings. The third-order valence-corrected chi connectivity index (χ3v) is 8.70. The van der Waals surface area contributed by atoms with Gasteiger partial charge in [0, 0.05) is 31.7 Å². The molecular formula is C26H34ClFN4O4S. The predicted octanol–water partition coefficient (Wildman–Crippen LogP) is 3.96. The Morgan fingerprint density at radius 1 is 1.08 bits per heavy atom. The molecule has 2 aromatic carbocycles. The first kappa shape index (κ1) is 28.9. The van der Waals surface area contributed by atoms with E-state index in [4.69, 9.17) is 11.6 Å². The maximum absolute atomic E-state index is 14.7. The Labute approximate surface area is 223 Å². The first-order valence-electron chi connectivity index (χ1n) is 12.3. The van der Waals surface area contributed by atoms with Crippen LogP contribution in [0.5, 0.6) is 0 Å². The fourth-order valence-electron chi connectivity index (χ4n) is 4.45. The number of halogens is 2. The number of nitrogens with zero attached hydrogens (tertiary/aromatic N) is 3. The number of carbonyl (C=O) groups is 2. The van der Waals surface area contributed by atoms with Gasteiger partial charge in [-0.05, 0) is 43.0 Å². The topological polar surface area (TPSA) is 90.0 Å². The van der Waals surface area contributed by atoms with Crippen molar-refractivity contribution in [2.45, 2.75) is 57.7 Å². The highest BCUT2D eigenvalue weighted by atomic mass is 35.5. The summed E-state index contributed by atoms with van der Waals surface area (Å²) in [5.41, 5.74) is 0.350. The van der Waals surface area contributed by atoms with E-state index in [1.807, 2.05) is 0 Å². The van der Waals surface area contributed by atoms with Crippen molar-refractivity contribution in [1.29, 1.82) is 0 Å². The molecule has 0 aromatic heterocycles. The molecule has 0 spiro atoms. The number of benzene rings is 2. The van der Waals surface area contributed by atoms with Gasteiger partial charge in [0.2, 0.25) is 11.8 Å². The highest BCUT2D eigenvalue weighted by Crippen LogP contribution is 2.25. The summed E-state index contributed by atoms with van der Waals surface area (Å²) in [6.45, 7) is 1.08. The summed E-state index contributed by atoms with van der Waals surface area (Å²) < 4.78 is 42.7. The first-order chi connectivity index (χ1) is 17.6. The standard InChI is InChI=1S/C26H34ClFN4O4S/c1-4-23(26(34)29-20-12-6-7-13-20)31(17-19-11-5-8-14-21(19)27)25(33)18-32(37(35,36)30(2)3)24-16-10-9-15-22(24)28/h5,8-11,14-16,20,23H,4,6-7,12-13,17-18H2,1-3H3,(H,29,34)/t23-/m0/s1. The van der Waals surface area contributed by atoms with Crippen LogP contribution in [0.3, 0.4) is 0 Å². The van der Waals surface area contributed by atoms with Gasteiger partial charge in [-0.1, -0.05) is 61.7 Å². The second-order valence-corrected chi connectivity index (χ2v) is 11.7. The average Bonchev–Trinajstić information content (AvgIpc) is 3.36. The minimum Gasteiger partial charge on any atom is -0.352 e. The molecule has 1 N–H and O–H groups in total. The van der Waals surface area contributed by atoms with Crippen LogP contribution in [0.1, 0.15) is 44.6 Å². The Kier molecular flexibility index (Phi) is 9.92. The van der Waals surface area contributed by atoms with Crippen molar-refractivity contribution in [3.05, 3.63) is 64.9 Å². The molecule has 37 heavy (non-hydrogen) atoms. The summed E-state index contributed by atoms with van der Waals surface area (Å²) in [6, 6.07) is 11.5. The van der Waals surface area contributed by atoms with Crippen LogP contribution in [-0.4, -0.2) is 62.2 Å². The summed E-state index contributed by atoms with van der Waals surface area (Å²) in [6.07, 6.45) is 4.12. The molecular weight excluding hydrogens is 519 g/mol. The first-order valence-corrected chi connectivity index (χ1v) is 14.1. The number of carbonyl (C=O) groups excluding carboxylic acids is 2. The number of rotatable bonds is 11. The third-order valence-electron chi connectivity index (χ3n) is 6.53. The van der Waals surface area contributed by atoms with E-state index in [0.29, 0.717) is 17.0 Å². The van der Waals surface area contributed by atoms with Gasteiger partial charge < -0.3 is 10.2 Å².